The lowest BCUT2D eigenvalue weighted by atomic mass is 10.1. The molecule has 0 aliphatic heterocycles. The van der Waals surface area contributed by atoms with Crippen LogP contribution >= 0.6 is 0 Å². The first-order chi connectivity index (χ1) is 31.2. The second-order valence-electron chi connectivity index (χ2n) is 13.9. The fraction of sp³-hybridized carbons (Fsp3) is 0.925. The Bertz CT molecular complexity index is 1250. The number of rotatable bonds is 52. The van der Waals surface area contributed by atoms with Crippen LogP contribution in [0.1, 0.15) is 70.6 Å². The zero-order valence-electron chi connectivity index (χ0n) is 37.7. The number of carbonyl (C=O) groups excluding carboxylic acids is 2. The second-order valence-corrected chi connectivity index (χ2v) is 15.5. The molecule has 0 spiro atoms. The number of aliphatic carboxylic acids is 1. The van der Waals surface area contributed by atoms with Crippen molar-refractivity contribution in [3.8, 4) is 0 Å². The molecule has 0 aromatic carbocycles. The number of azide groups is 1. The van der Waals surface area contributed by atoms with Gasteiger partial charge in [0, 0.05) is 30.8 Å². The minimum absolute atomic E-state index is 0.0316. The average molecular weight is 948 g/mol. The highest BCUT2D eigenvalue weighted by atomic mass is 32.2. The number of carbonyl (C=O) groups is 3. The van der Waals surface area contributed by atoms with E-state index in [0.29, 0.717) is 158 Å². The van der Waals surface area contributed by atoms with E-state index in [1.165, 1.54) is 0 Å². The summed E-state index contributed by atoms with van der Waals surface area (Å²) >= 11 is 0. The maximum atomic E-state index is 12.2. The molecular formula is C40H77N5O18S. The normalized spacial score (nSPS) is 12.0. The number of nitrogens with zero attached hydrogens (tertiary/aromatic N) is 3. The third-order valence-electron chi connectivity index (χ3n) is 8.54. The molecule has 0 aliphatic rings. The lowest BCUT2D eigenvalue weighted by Gasteiger charge is -2.14. The molecule has 0 aromatic heterocycles. The van der Waals surface area contributed by atoms with Gasteiger partial charge in [-0.25, -0.2) is 4.79 Å². The maximum Gasteiger partial charge on any atom is 0.326 e. The number of nitrogens with one attached hydrogen (secondary N) is 2. The summed E-state index contributed by atoms with van der Waals surface area (Å²) in [7, 11) is -3.90. The van der Waals surface area contributed by atoms with Crippen molar-refractivity contribution in [2.45, 2.75) is 76.7 Å². The number of carboxylic acids is 1. The van der Waals surface area contributed by atoms with Crippen molar-refractivity contribution < 1.29 is 84.6 Å². The van der Waals surface area contributed by atoms with E-state index >= 15 is 0 Å². The second kappa shape index (κ2) is 48.1. The van der Waals surface area contributed by atoms with Gasteiger partial charge >= 0.3 is 5.97 Å². The lowest BCUT2D eigenvalue weighted by Crippen LogP contribution is -2.41. The molecular weight excluding hydrogens is 871 g/mol. The van der Waals surface area contributed by atoms with Gasteiger partial charge in [-0.2, -0.15) is 8.42 Å². The molecule has 0 rings (SSSR count). The number of amides is 2. The molecule has 0 aromatic rings. The highest BCUT2D eigenvalue weighted by Crippen LogP contribution is 2.11. The highest BCUT2D eigenvalue weighted by molar-refractivity contribution is 7.85. The van der Waals surface area contributed by atoms with Crippen LogP contribution in [0.4, 0.5) is 0 Å². The summed E-state index contributed by atoms with van der Waals surface area (Å²) in [4.78, 5) is 38.6. The highest BCUT2D eigenvalue weighted by Gasteiger charge is 2.20. The SMILES string of the molecule is [N-]=[N+]=NCCOCCOCCOCCOCCOCCOCCOCCOCCOCCOCCOCCNC(=O)CC[C@H](NC(=O)CCCCCCCCCCS(=O)(=O)O)C(=O)O. The van der Waals surface area contributed by atoms with Gasteiger partial charge in [0.15, 0.2) is 0 Å². The molecule has 0 heterocycles. The fourth-order valence-electron chi connectivity index (χ4n) is 5.23. The zero-order valence-corrected chi connectivity index (χ0v) is 38.5. The van der Waals surface area contributed by atoms with E-state index in [4.69, 9.17) is 62.2 Å². The van der Waals surface area contributed by atoms with Crippen LogP contribution in [-0.2, 0) is 76.6 Å². The van der Waals surface area contributed by atoms with Gasteiger partial charge in [-0.1, -0.05) is 43.6 Å². The van der Waals surface area contributed by atoms with E-state index in [1.54, 1.807) is 0 Å². The molecule has 64 heavy (non-hydrogen) atoms. The van der Waals surface area contributed by atoms with Crippen LogP contribution in [0.15, 0.2) is 5.11 Å². The van der Waals surface area contributed by atoms with Crippen LogP contribution < -0.4 is 10.6 Å². The summed E-state index contributed by atoms with van der Waals surface area (Å²) in [5, 5.41) is 18.0. The van der Waals surface area contributed by atoms with Gasteiger partial charge in [-0.05, 0) is 24.8 Å². The van der Waals surface area contributed by atoms with E-state index in [2.05, 4.69) is 20.7 Å². The Balaban J connectivity index is 3.39. The van der Waals surface area contributed by atoms with Gasteiger partial charge in [0.25, 0.3) is 10.1 Å². The molecule has 0 radical (unpaired) electrons. The van der Waals surface area contributed by atoms with Gasteiger partial charge in [-0.3, -0.25) is 14.1 Å². The van der Waals surface area contributed by atoms with Gasteiger partial charge in [-0.15, -0.1) is 0 Å². The van der Waals surface area contributed by atoms with Gasteiger partial charge in [0.2, 0.25) is 11.8 Å². The Morgan fingerprint density at radius 2 is 0.844 bits per heavy atom. The summed E-state index contributed by atoms with van der Waals surface area (Å²) in [5.74, 6) is -2.12. The van der Waals surface area contributed by atoms with Crippen LogP contribution in [0.2, 0.25) is 0 Å². The van der Waals surface area contributed by atoms with Gasteiger partial charge in [0.05, 0.1) is 151 Å². The molecule has 1 atom stereocenters. The third-order valence-corrected chi connectivity index (χ3v) is 9.34. The summed E-state index contributed by atoms with van der Waals surface area (Å²) in [6, 6.07) is -1.15. The fourth-order valence-corrected chi connectivity index (χ4v) is 5.80. The Labute approximate surface area is 378 Å². The first-order valence-corrected chi connectivity index (χ1v) is 23.9. The van der Waals surface area contributed by atoms with Crippen molar-refractivity contribution in [2.75, 3.05) is 164 Å². The molecule has 23 nitrogen and oxygen atoms in total. The molecule has 2 amide bonds. The minimum atomic E-state index is -3.90. The molecule has 0 bridgehead atoms. The number of hydrogen-bond donors (Lipinski definition) is 4. The number of unbranched alkanes of at least 4 members (excludes halogenated alkanes) is 7. The Hall–Kier alpha value is -2.81. The van der Waals surface area contributed by atoms with Gasteiger partial charge < -0.3 is 67.8 Å². The standard InChI is InChI=1S/C40H77N5O18S/c41-45-43-13-15-54-17-19-56-21-23-58-25-27-60-29-31-62-33-35-63-34-32-61-30-28-59-26-24-57-22-20-55-18-16-53-14-12-42-38(46)11-10-37(40(48)49)44-39(47)9-7-5-3-1-2-4-6-8-36-64(50,51)52/h37H,1-36H2,(H,42,46)(H,44,47)(H,48,49)(H,50,51,52)/t37-/m0/s1. The number of hydrogen-bond acceptors (Lipinski definition) is 17. The van der Waals surface area contributed by atoms with Crippen molar-refractivity contribution in [2.24, 2.45) is 5.11 Å². The summed E-state index contributed by atoms with van der Waals surface area (Å²) in [6.07, 6.45) is 6.38. The van der Waals surface area contributed by atoms with Crippen molar-refractivity contribution >= 4 is 27.9 Å². The van der Waals surface area contributed by atoms with Gasteiger partial charge in [0.1, 0.15) is 6.04 Å². The number of carboxylic acid groups (broad SMARTS) is 1. The Kier molecular flexibility index (Phi) is 46.0. The molecule has 0 saturated heterocycles. The summed E-state index contributed by atoms with van der Waals surface area (Å²) in [6.45, 7) is 9.97. The van der Waals surface area contributed by atoms with Crippen molar-refractivity contribution in [1.82, 2.24) is 10.6 Å². The molecule has 24 heteroatoms. The lowest BCUT2D eigenvalue weighted by molar-refractivity contribution is -0.142. The van der Waals surface area contributed by atoms with E-state index in [-0.39, 0.29) is 50.0 Å². The molecule has 0 aliphatic carbocycles. The zero-order chi connectivity index (χ0) is 46.9. The van der Waals surface area contributed by atoms with Crippen LogP contribution in [0.5, 0.6) is 0 Å². The smallest absolute Gasteiger partial charge is 0.326 e. The van der Waals surface area contributed by atoms with Crippen molar-refractivity contribution in [1.29, 1.82) is 0 Å². The Morgan fingerprint density at radius 1 is 0.500 bits per heavy atom. The van der Waals surface area contributed by atoms with Crippen LogP contribution in [0, 0.1) is 0 Å². The summed E-state index contributed by atoms with van der Waals surface area (Å²) in [5.41, 5.74) is 8.15. The van der Waals surface area contributed by atoms with E-state index in [0.717, 1.165) is 38.5 Å². The predicted octanol–water partition coefficient (Wildman–Crippen LogP) is 2.34. The molecule has 0 saturated carbocycles. The largest absolute Gasteiger partial charge is 0.480 e. The van der Waals surface area contributed by atoms with Crippen LogP contribution in [0.25, 0.3) is 10.4 Å². The molecule has 0 fully saturated rings. The molecule has 376 valence electrons. The van der Waals surface area contributed by atoms with Crippen LogP contribution in [0.3, 0.4) is 0 Å². The predicted molar refractivity (Wildman–Crippen MR) is 233 cm³/mol. The third kappa shape index (κ3) is 50.2. The van der Waals surface area contributed by atoms with E-state index < -0.39 is 22.1 Å². The number of ether oxygens (including phenoxy) is 11. The van der Waals surface area contributed by atoms with Crippen LogP contribution in [-0.4, -0.2) is 206 Å². The van der Waals surface area contributed by atoms with E-state index in [9.17, 15) is 27.9 Å². The minimum Gasteiger partial charge on any atom is -0.480 e. The van der Waals surface area contributed by atoms with Crippen molar-refractivity contribution in [3.05, 3.63) is 10.4 Å². The Morgan fingerprint density at radius 3 is 1.20 bits per heavy atom. The quantitative estimate of drug-likeness (QED) is 0.0224. The average Bonchev–Trinajstić information content (AvgIpc) is 3.26. The summed E-state index contributed by atoms with van der Waals surface area (Å²) < 4.78 is 89.8. The first-order valence-electron chi connectivity index (χ1n) is 22.3. The first kappa shape index (κ1) is 61.2. The topological polar surface area (TPSA) is 300 Å². The van der Waals surface area contributed by atoms with E-state index in [1.807, 2.05) is 0 Å². The monoisotopic (exact) mass is 947 g/mol. The van der Waals surface area contributed by atoms with Crippen molar-refractivity contribution in [3.63, 3.8) is 0 Å². The molecule has 0 unspecified atom stereocenters. The maximum absolute atomic E-state index is 12.2. The molecule has 4 N–H and O–H groups in total.